The molecule has 0 saturated heterocycles. The summed E-state index contributed by atoms with van der Waals surface area (Å²) in [5, 5.41) is 3.70. The lowest BCUT2D eigenvalue weighted by Crippen LogP contribution is -2.20. The molecule has 2 aromatic rings. The van der Waals surface area contributed by atoms with Crippen molar-refractivity contribution in [2.45, 2.75) is 13.8 Å². The molecule has 0 bridgehead atoms. The summed E-state index contributed by atoms with van der Waals surface area (Å²) in [6, 6.07) is 15.6. The number of aryl methyl sites for hydroxylation is 1. The number of hydrogen-bond donors (Lipinski definition) is 0. The summed E-state index contributed by atoms with van der Waals surface area (Å²) in [7, 11) is 0. The smallest absolute Gasteiger partial charge is 0.365 e. The van der Waals surface area contributed by atoms with Crippen molar-refractivity contribution >= 4 is 17.7 Å². The predicted octanol–water partition coefficient (Wildman–Crippen LogP) is 3.12. The third-order valence-electron chi connectivity index (χ3n) is 3.02. The molecule has 5 nitrogen and oxygen atoms in total. The van der Waals surface area contributed by atoms with Crippen molar-refractivity contribution in [3.63, 3.8) is 0 Å². The standard InChI is InChI=1S/C18H17NO4/c1-3-22-18(21)16(14-7-5-4-6-8-14)19-23-17(20)15-11-9-13(2)10-12-15/h4-12H,3H2,1-2H3/b19-16-. The Balaban J connectivity index is 2.21. The Labute approximate surface area is 134 Å². The van der Waals surface area contributed by atoms with E-state index in [0.29, 0.717) is 11.1 Å². The minimum Gasteiger partial charge on any atom is -0.461 e. The van der Waals surface area contributed by atoms with E-state index < -0.39 is 11.9 Å². The first-order valence-corrected chi connectivity index (χ1v) is 7.20. The van der Waals surface area contributed by atoms with Gasteiger partial charge in [0.2, 0.25) is 0 Å². The lowest BCUT2D eigenvalue weighted by Gasteiger charge is -2.06. The normalized spacial score (nSPS) is 11.0. The Bertz CT molecular complexity index is 706. The van der Waals surface area contributed by atoms with Crippen LogP contribution in [0.3, 0.4) is 0 Å². The van der Waals surface area contributed by atoms with Gasteiger partial charge in [-0.2, -0.15) is 0 Å². The van der Waals surface area contributed by atoms with Crippen LogP contribution in [0.4, 0.5) is 0 Å². The Morgan fingerprint density at radius 3 is 2.22 bits per heavy atom. The van der Waals surface area contributed by atoms with Crippen molar-refractivity contribution in [3.05, 3.63) is 71.3 Å². The van der Waals surface area contributed by atoms with Crippen LogP contribution in [0, 0.1) is 6.92 Å². The first kappa shape index (κ1) is 16.4. The SMILES string of the molecule is CCOC(=O)/C(=N\OC(=O)c1ccc(C)cc1)c1ccccc1. The first-order valence-electron chi connectivity index (χ1n) is 7.20. The average molecular weight is 311 g/mol. The number of hydrogen-bond acceptors (Lipinski definition) is 5. The molecule has 0 aliphatic heterocycles. The fourth-order valence-electron chi connectivity index (χ4n) is 1.83. The minimum atomic E-state index is -0.643. The molecule has 118 valence electrons. The van der Waals surface area contributed by atoms with E-state index in [1.54, 1.807) is 55.5 Å². The molecule has 5 heteroatoms. The van der Waals surface area contributed by atoms with Crippen molar-refractivity contribution < 1.29 is 19.2 Å². The monoisotopic (exact) mass is 311 g/mol. The zero-order chi connectivity index (χ0) is 16.7. The third-order valence-corrected chi connectivity index (χ3v) is 3.02. The molecule has 0 radical (unpaired) electrons. The van der Waals surface area contributed by atoms with Crippen molar-refractivity contribution in [1.82, 2.24) is 0 Å². The van der Waals surface area contributed by atoms with Crippen LogP contribution in [0.1, 0.15) is 28.4 Å². The summed E-state index contributed by atoms with van der Waals surface area (Å²) in [5.74, 6) is -1.28. The molecule has 0 atom stereocenters. The fourth-order valence-corrected chi connectivity index (χ4v) is 1.83. The summed E-state index contributed by atoms with van der Waals surface area (Å²) in [6.45, 7) is 3.82. The lowest BCUT2D eigenvalue weighted by molar-refractivity contribution is -0.135. The molecule has 0 aliphatic carbocycles. The highest BCUT2D eigenvalue weighted by Gasteiger charge is 2.17. The highest BCUT2D eigenvalue weighted by atomic mass is 16.7. The number of esters is 1. The number of ether oxygens (including phenoxy) is 1. The molecule has 2 rings (SSSR count). The van der Waals surface area contributed by atoms with Gasteiger partial charge in [0.05, 0.1) is 12.2 Å². The quantitative estimate of drug-likeness (QED) is 0.368. The van der Waals surface area contributed by atoms with Gasteiger partial charge in [-0.25, -0.2) is 9.59 Å². The van der Waals surface area contributed by atoms with E-state index in [9.17, 15) is 9.59 Å². The number of nitrogens with zero attached hydrogens (tertiary/aromatic N) is 1. The van der Waals surface area contributed by atoms with Crippen LogP contribution < -0.4 is 0 Å². The van der Waals surface area contributed by atoms with Crippen molar-refractivity contribution in [1.29, 1.82) is 0 Å². The molecule has 0 aromatic heterocycles. The maximum atomic E-state index is 12.0. The fraction of sp³-hybridized carbons (Fsp3) is 0.167. The summed E-state index contributed by atoms with van der Waals surface area (Å²) >= 11 is 0. The van der Waals surface area contributed by atoms with E-state index in [2.05, 4.69) is 5.16 Å². The molecule has 0 fully saturated rings. The van der Waals surface area contributed by atoms with Crippen molar-refractivity contribution in [3.8, 4) is 0 Å². The second-order valence-electron chi connectivity index (χ2n) is 4.77. The van der Waals surface area contributed by atoms with Gasteiger partial charge in [0, 0.05) is 5.56 Å². The summed E-state index contributed by atoms with van der Waals surface area (Å²) in [4.78, 5) is 28.9. The summed E-state index contributed by atoms with van der Waals surface area (Å²) < 4.78 is 4.95. The second kappa shape index (κ2) is 7.89. The van der Waals surface area contributed by atoms with E-state index >= 15 is 0 Å². The largest absolute Gasteiger partial charge is 0.461 e. The Kier molecular flexibility index (Phi) is 5.63. The molecule has 0 aliphatic rings. The van der Waals surface area contributed by atoms with Gasteiger partial charge in [0.15, 0.2) is 5.71 Å². The van der Waals surface area contributed by atoms with Crippen LogP contribution in [-0.2, 0) is 14.4 Å². The number of rotatable bonds is 5. The molecule has 23 heavy (non-hydrogen) atoms. The van der Waals surface area contributed by atoms with Crippen LogP contribution >= 0.6 is 0 Å². The molecule has 0 unspecified atom stereocenters. The van der Waals surface area contributed by atoms with E-state index in [0.717, 1.165) is 5.56 Å². The predicted molar refractivity (Wildman–Crippen MR) is 86.2 cm³/mol. The zero-order valence-electron chi connectivity index (χ0n) is 13.0. The van der Waals surface area contributed by atoms with Gasteiger partial charge < -0.3 is 9.57 Å². The van der Waals surface area contributed by atoms with Gasteiger partial charge in [0.1, 0.15) is 0 Å². The molecule has 2 aromatic carbocycles. The second-order valence-corrected chi connectivity index (χ2v) is 4.77. The van der Waals surface area contributed by atoms with Crippen molar-refractivity contribution in [2.75, 3.05) is 6.61 Å². The van der Waals surface area contributed by atoms with Gasteiger partial charge >= 0.3 is 11.9 Å². The molecular weight excluding hydrogens is 294 g/mol. The minimum absolute atomic E-state index is 0.0482. The number of oxime groups is 1. The number of carbonyl (C=O) groups excluding carboxylic acids is 2. The number of benzene rings is 2. The van der Waals surface area contributed by atoms with Gasteiger partial charge in [-0.3, -0.25) is 0 Å². The van der Waals surface area contributed by atoms with E-state index in [4.69, 9.17) is 9.57 Å². The highest BCUT2D eigenvalue weighted by Crippen LogP contribution is 2.08. The van der Waals surface area contributed by atoms with Crippen molar-refractivity contribution in [2.24, 2.45) is 5.16 Å². The molecule has 0 amide bonds. The molecular formula is C18H17NO4. The van der Waals surface area contributed by atoms with Gasteiger partial charge in [-0.05, 0) is 26.0 Å². The average Bonchev–Trinajstić information content (AvgIpc) is 2.57. The summed E-state index contributed by atoms with van der Waals surface area (Å²) in [5.41, 5.74) is 1.85. The van der Waals surface area contributed by atoms with E-state index in [1.807, 2.05) is 13.0 Å². The zero-order valence-corrected chi connectivity index (χ0v) is 13.0. The Hall–Kier alpha value is -2.95. The topological polar surface area (TPSA) is 65.0 Å². The van der Waals surface area contributed by atoms with E-state index in [1.165, 1.54) is 0 Å². The summed E-state index contributed by atoms with van der Waals surface area (Å²) in [6.07, 6.45) is 0. The van der Waals surface area contributed by atoms with Crippen LogP contribution in [0.25, 0.3) is 0 Å². The Morgan fingerprint density at radius 1 is 0.957 bits per heavy atom. The molecule has 0 spiro atoms. The maximum absolute atomic E-state index is 12.0. The van der Waals surface area contributed by atoms with Crippen LogP contribution in [-0.4, -0.2) is 24.3 Å². The molecule has 0 heterocycles. The first-order chi connectivity index (χ1) is 11.1. The highest BCUT2D eigenvalue weighted by molar-refractivity contribution is 6.43. The van der Waals surface area contributed by atoms with E-state index in [-0.39, 0.29) is 12.3 Å². The van der Waals surface area contributed by atoms with Gasteiger partial charge in [-0.15, -0.1) is 0 Å². The number of carbonyl (C=O) groups is 2. The third kappa shape index (κ3) is 4.51. The van der Waals surface area contributed by atoms with Gasteiger partial charge in [-0.1, -0.05) is 53.2 Å². The van der Waals surface area contributed by atoms with Crippen LogP contribution in [0.15, 0.2) is 59.8 Å². The van der Waals surface area contributed by atoms with Crippen LogP contribution in [0.2, 0.25) is 0 Å². The molecule has 0 saturated carbocycles. The van der Waals surface area contributed by atoms with Gasteiger partial charge in [0.25, 0.3) is 0 Å². The maximum Gasteiger partial charge on any atom is 0.365 e. The lowest BCUT2D eigenvalue weighted by atomic mass is 10.1. The molecule has 0 N–H and O–H groups in total. The van der Waals surface area contributed by atoms with Crippen LogP contribution in [0.5, 0.6) is 0 Å². The Morgan fingerprint density at radius 2 is 1.61 bits per heavy atom.